The Labute approximate surface area is 184 Å². The summed E-state index contributed by atoms with van der Waals surface area (Å²) in [5.41, 5.74) is 5.64. The molecule has 0 aliphatic heterocycles. The molecule has 2 saturated carbocycles. The maximum atomic E-state index is 12.0. The monoisotopic (exact) mass is 424 g/mol. The molecule has 3 heteroatoms. The summed E-state index contributed by atoms with van der Waals surface area (Å²) in [4.78, 5) is 0. The molecule has 4 rings (SSSR count). The Kier molecular flexibility index (Phi) is 5.88. The molecule has 2 fully saturated rings. The van der Waals surface area contributed by atoms with Gasteiger partial charge in [0.25, 0.3) is 0 Å². The second-order valence-corrected chi connectivity index (χ2v) is 15.5. The topological polar surface area (TPSA) is 40.5 Å². The van der Waals surface area contributed by atoms with E-state index in [9.17, 15) is 10.2 Å². The summed E-state index contributed by atoms with van der Waals surface area (Å²) in [7, 11) is -1.57. The highest BCUT2D eigenvalue weighted by Crippen LogP contribution is 2.62. The van der Waals surface area contributed by atoms with Crippen molar-refractivity contribution in [2.45, 2.75) is 102 Å². The third-order valence-corrected chi connectivity index (χ3v) is 14.4. The SMILES string of the molecule is CC[Si](C#C[C@]1(O)CCCC2C3CCc4cc(O)ccc4C3CCC21C)(CC)CC. The molecule has 0 heterocycles. The second-order valence-electron chi connectivity index (χ2n) is 10.6. The first kappa shape index (κ1) is 22.0. The van der Waals surface area contributed by atoms with Gasteiger partial charge in [0.1, 0.15) is 19.4 Å². The zero-order valence-corrected chi connectivity index (χ0v) is 20.4. The molecule has 2 nitrogen and oxygen atoms in total. The maximum Gasteiger partial charge on any atom is 0.137 e. The fraction of sp³-hybridized carbons (Fsp3) is 0.704. The Bertz CT molecular complexity index is 840. The predicted molar refractivity (Wildman–Crippen MR) is 127 cm³/mol. The fourth-order valence-corrected chi connectivity index (χ4v) is 9.76. The van der Waals surface area contributed by atoms with Crippen LogP contribution in [0.5, 0.6) is 5.75 Å². The van der Waals surface area contributed by atoms with Crippen molar-refractivity contribution < 1.29 is 10.2 Å². The van der Waals surface area contributed by atoms with Gasteiger partial charge in [0.15, 0.2) is 0 Å². The van der Waals surface area contributed by atoms with Crippen molar-refractivity contribution in [3.05, 3.63) is 29.3 Å². The number of phenols is 1. The maximum absolute atomic E-state index is 12.0. The van der Waals surface area contributed by atoms with E-state index in [4.69, 9.17) is 0 Å². The minimum atomic E-state index is -1.57. The molecule has 3 aliphatic carbocycles. The van der Waals surface area contributed by atoms with E-state index in [1.54, 1.807) is 0 Å². The van der Waals surface area contributed by atoms with Crippen molar-refractivity contribution in [3.8, 4) is 17.2 Å². The van der Waals surface area contributed by atoms with Gasteiger partial charge in [-0.15, -0.1) is 5.54 Å². The molecule has 0 bridgehead atoms. The number of aromatic hydroxyl groups is 1. The zero-order valence-electron chi connectivity index (χ0n) is 19.4. The van der Waals surface area contributed by atoms with E-state index >= 15 is 0 Å². The summed E-state index contributed by atoms with van der Waals surface area (Å²) in [6.45, 7) is 9.25. The van der Waals surface area contributed by atoms with Crippen molar-refractivity contribution in [2.24, 2.45) is 17.3 Å². The van der Waals surface area contributed by atoms with Gasteiger partial charge in [-0.05, 0) is 104 Å². The van der Waals surface area contributed by atoms with Gasteiger partial charge in [0.2, 0.25) is 0 Å². The number of hydrogen-bond acceptors (Lipinski definition) is 2. The number of rotatable bonds is 3. The average molecular weight is 425 g/mol. The fourth-order valence-electron chi connectivity index (χ4n) is 7.25. The normalized spacial score (nSPS) is 35.4. The van der Waals surface area contributed by atoms with Crippen LogP contribution in [0.4, 0.5) is 0 Å². The van der Waals surface area contributed by atoms with Crippen LogP contribution in [0.15, 0.2) is 18.2 Å². The van der Waals surface area contributed by atoms with Gasteiger partial charge in [0.05, 0.1) is 0 Å². The van der Waals surface area contributed by atoms with Crippen molar-refractivity contribution in [3.63, 3.8) is 0 Å². The Morgan fingerprint density at radius 2 is 1.80 bits per heavy atom. The van der Waals surface area contributed by atoms with Gasteiger partial charge in [-0.1, -0.05) is 39.7 Å². The van der Waals surface area contributed by atoms with Crippen molar-refractivity contribution in [1.82, 2.24) is 0 Å². The van der Waals surface area contributed by atoms with Crippen LogP contribution in [0, 0.1) is 28.7 Å². The Balaban J connectivity index is 1.67. The summed E-state index contributed by atoms with van der Waals surface area (Å²) < 4.78 is 0. The minimum Gasteiger partial charge on any atom is -0.508 e. The van der Waals surface area contributed by atoms with Gasteiger partial charge in [-0.25, -0.2) is 0 Å². The van der Waals surface area contributed by atoms with Crippen LogP contribution < -0.4 is 0 Å². The lowest BCUT2D eigenvalue weighted by atomic mass is 9.46. The van der Waals surface area contributed by atoms with Crippen LogP contribution in [0.25, 0.3) is 0 Å². The second kappa shape index (κ2) is 8.03. The summed E-state index contributed by atoms with van der Waals surface area (Å²) >= 11 is 0. The quantitative estimate of drug-likeness (QED) is 0.434. The molecule has 0 amide bonds. The first-order valence-electron chi connectivity index (χ1n) is 12.4. The molecule has 30 heavy (non-hydrogen) atoms. The molecule has 2 N–H and O–H groups in total. The third kappa shape index (κ3) is 3.35. The first-order chi connectivity index (χ1) is 14.3. The van der Waals surface area contributed by atoms with E-state index in [1.165, 1.54) is 42.1 Å². The summed E-state index contributed by atoms with van der Waals surface area (Å²) in [6.07, 6.45) is 7.60. The van der Waals surface area contributed by atoms with Gasteiger partial charge in [-0.2, -0.15) is 0 Å². The highest BCUT2D eigenvalue weighted by molar-refractivity contribution is 6.87. The summed E-state index contributed by atoms with van der Waals surface area (Å²) in [5, 5.41) is 21.9. The molecule has 1 aromatic rings. The standard InChI is InChI=1S/C27H40O2Si/c1-5-30(6-2,7-3)18-17-27(29)15-8-9-25-24-12-10-20-19-21(28)11-13-22(20)23(24)14-16-26(25,27)4/h11,13,19,23-25,28-29H,5-10,12,14-16H2,1-4H3/t23?,24?,25?,26?,27-/m1/s1. The van der Waals surface area contributed by atoms with Gasteiger partial charge < -0.3 is 10.2 Å². The molecule has 164 valence electrons. The number of aryl methyl sites for hydroxylation is 1. The molecular formula is C27H40O2Si. The zero-order chi connectivity index (χ0) is 21.6. The van der Waals surface area contributed by atoms with Gasteiger partial charge >= 0.3 is 0 Å². The highest BCUT2D eigenvalue weighted by atomic mass is 28.3. The van der Waals surface area contributed by atoms with E-state index in [0.29, 0.717) is 23.5 Å². The molecule has 0 spiro atoms. The lowest BCUT2D eigenvalue weighted by Gasteiger charge is -2.59. The molecule has 3 aliphatic rings. The molecule has 1 aromatic carbocycles. The van der Waals surface area contributed by atoms with Crippen LogP contribution in [0.2, 0.25) is 18.1 Å². The molecule has 4 unspecified atom stereocenters. The Hall–Kier alpha value is -1.24. The van der Waals surface area contributed by atoms with Crippen LogP contribution in [-0.4, -0.2) is 23.9 Å². The van der Waals surface area contributed by atoms with E-state index < -0.39 is 13.7 Å². The van der Waals surface area contributed by atoms with Crippen molar-refractivity contribution >= 4 is 8.07 Å². The number of fused-ring (bicyclic) bond motifs is 5. The number of hydrogen-bond donors (Lipinski definition) is 2. The average Bonchev–Trinajstić information content (AvgIpc) is 2.75. The molecule has 5 atom stereocenters. The van der Waals surface area contributed by atoms with Crippen LogP contribution >= 0.6 is 0 Å². The van der Waals surface area contributed by atoms with Gasteiger partial charge in [0, 0.05) is 5.41 Å². The largest absolute Gasteiger partial charge is 0.508 e. The number of phenolic OH excluding ortho intramolecular Hbond substituents is 1. The van der Waals surface area contributed by atoms with Crippen LogP contribution in [0.1, 0.15) is 83.3 Å². The molecule has 0 aromatic heterocycles. The highest BCUT2D eigenvalue weighted by Gasteiger charge is 2.58. The molecule has 0 radical (unpaired) electrons. The first-order valence-corrected chi connectivity index (χ1v) is 15.0. The number of aliphatic hydroxyl groups is 1. The minimum absolute atomic E-state index is 0.0940. The Morgan fingerprint density at radius 1 is 1.07 bits per heavy atom. The van der Waals surface area contributed by atoms with E-state index in [-0.39, 0.29) is 5.41 Å². The van der Waals surface area contributed by atoms with Crippen molar-refractivity contribution in [1.29, 1.82) is 0 Å². The van der Waals surface area contributed by atoms with Crippen LogP contribution in [0.3, 0.4) is 0 Å². The summed E-state index contributed by atoms with van der Waals surface area (Å²) in [6, 6.07) is 9.59. The molecule has 0 saturated heterocycles. The molecular weight excluding hydrogens is 384 g/mol. The van der Waals surface area contributed by atoms with E-state index in [1.807, 2.05) is 12.1 Å². The smallest absolute Gasteiger partial charge is 0.137 e. The Morgan fingerprint density at radius 3 is 2.50 bits per heavy atom. The third-order valence-electron chi connectivity index (χ3n) is 9.66. The van der Waals surface area contributed by atoms with Crippen LogP contribution in [-0.2, 0) is 6.42 Å². The lowest BCUT2D eigenvalue weighted by molar-refractivity contribution is -0.138. The number of benzene rings is 1. The summed E-state index contributed by atoms with van der Waals surface area (Å²) in [5.74, 6) is 5.75. The predicted octanol–water partition coefficient (Wildman–Crippen LogP) is 6.42. The van der Waals surface area contributed by atoms with Crippen molar-refractivity contribution in [2.75, 3.05) is 0 Å². The van der Waals surface area contributed by atoms with E-state index in [2.05, 4.69) is 45.2 Å². The van der Waals surface area contributed by atoms with Gasteiger partial charge in [-0.3, -0.25) is 0 Å². The van der Waals surface area contributed by atoms with E-state index in [0.717, 1.165) is 32.1 Å². The lowest BCUT2D eigenvalue weighted by Crippen LogP contribution is -2.58.